The van der Waals surface area contributed by atoms with Gasteiger partial charge in [-0.1, -0.05) is 70.6 Å². The predicted molar refractivity (Wildman–Crippen MR) is 113 cm³/mol. The van der Waals surface area contributed by atoms with Crippen LogP contribution in [0, 0.1) is 0 Å². The van der Waals surface area contributed by atoms with Crippen LogP contribution >= 0.6 is 0 Å². The highest BCUT2D eigenvalue weighted by atomic mass is 16.5. The molecule has 2 rings (SSSR count). The molecule has 1 amide bonds. The van der Waals surface area contributed by atoms with Crippen LogP contribution in [0.2, 0.25) is 0 Å². The summed E-state index contributed by atoms with van der Waals surface area (Å²) in [5, 5.41) is 5.01. The van der Waals surface area contributed by atoms with Gasteiger partial charge in [0.05, 0.1) is 23.8 Å². The largest absolute Gasteiger partial charge is 0.478 e. The van der Waals surface area contributed by atoms with Crippen molar-refractivity contribution in [2.75, 3.05) is 6.61 Å². The molecule has 0 spiro atoms. The molecule has 2 aromatic rings. The van der Waals surface area contributed by atoms with Crippen LogP contribution < -0.4 is 10.1 Å². The van der Waals surface area contributed by atoms with Crippen molar-refractivity contribution in [3.05, 3.63) is 48.0 Å². The summed E-state index contributed by atoms with van der Waals surface area (Å²) < 4.78 is 7.79. The van der Waals surface area contributed by atoms with Gasteiger partial charge in [-0.3, -0.25) is 4.79 Å². The average Bonchev–Trinajstić information content (AvgIpc) is 2.72. The molecule has 5 nitrogen and oxygen atoms in total. The molecule has 0 saturated carbocycles. The van der Waals surface area contributed by atoms with Crippen molar-refractivity contribution in [2.24, 2.45) is 4.99 Å². The van der Waals surface area contributed by atoms with Crippen LogP contribution in [0.1, 0.15) is 71.6 Å². The number of hydrogen-bond acceptors (Lipinski definition) is 3. The van der Waals surface area contributed by atoms with Gasteiger partial charge in [-0.05, 0) is 25.0 Å². The van der Waals surface area contributed by atoms with Gasteiger partial charge in [0.15, 0.2) is 0 Å². The monoisotopic (exact) mass is 383 g/mol. The van der Waals surface area contributed by atoms with E-state index in [1.165, 1.54) is 32.1 Å². The minimum Gasteiger partial charge on any atom is -0.478 e. The second-order valence-electron chi connectivity index (χ2n) is 7.02. The average molecular weight is 384 g/mol. The van der Waals surface area contributed by atoms with E-state index >= 15 is 0 Å². The van der Waals surface area contributed by atoms with Gasteiger partial charge in [0, 0.05) is 12.5 Å². The maximum atomic E-state index is 12.0. The van der Waals surface area contributed by atoms with E-state index in [1.807, 2.05) is 30.3 Å². The van der Waals surface area contributed by atoms with Crippen molar-refractivity contribution < 1.29 is 9.53 Å². The van der Waals surface area contributed by atoms with Crippen molar-refractivity contribution in [3.63, 3.8) is 0 Å². The molecule has 1 aromatic carbocycles. The first kappa shape index (κ1) is 21.9. The molecular weight excluding hydrogens is 350 g/mol. The van der Waals surface area contributed by atoms with E-state index in [4.69, 9.17) is 4.74 Å². The highest BCUT2D eigenvalue weighted by Crippen LogP contribution is 2.15. The molecular formula is C23H33N3O2. The summed E-state index contributed by atoms with van der Waals surface area (Å²) in [7, 11) is 0. The lowest BCUT2D eigenvalue weighted by Gasteiger charge is -2.13. The number of hydrogen-bond donors (Lipinski definition) is 0. The maximum Gasteiger partial charge on any atom is 0.246 e. The van der Waals surface area contributed by atoms with Gasteiger partial charge in [-0.2, -0.15) is 5.10 Å². The van der Waals surface area contributed by atoms with Crippen LogP contribution in [-0.2, 0) is 4.79 Å². The first-order valence-corrected chi connectivity index (χ1v) is 10.6. The Morgan fingerprint density at radius 3 is 2.46 bits per heavy atom. The van der Waals surface area contributed by atoms with E-state index in [0.29, 0.717) is 24.3 Å². The van der Waals surface area contributed by atoms with E-state index in [9.17, 15) is 4.79 Å². The Morgan fingerprint density at radius 2 is 1.71 bits per heavy atom. The third-order valence-electron chi connectivity index (χ3n) is 4.53. The standard InChI is InChI=1S/C23H33N3O2/c1-3-5-7-8-9-13-17-28-23-18-20(25-22(27)16-6-4-2)19-24-26(23)21-14-11-10-12-15-21/h10-12,14-15,18-19H,3-9,13,16-17H2,1-2H3/b25-20+. The molecule has 0 bridgehead atoms. The Morgan fingerprint density at radius 1 is 1.00 bits per heavy atom. The number of nitrogens with zero attached hydrogens (tertiary/aromatic N) is 3. The van der Waals surface area contributed by atoms with Crippen molar-refractivity contribution in [1.29, 1.82) is 0 Å². The summed E-state index contributed by atoms with van der Waals surface area (Å²) in [5.41, 5.74) is 0.921. The van der Waals surface area contributed by atoms with Crippen LogP contribution in [0.25, 0.3) is 5.69 Å². The van der Waals surface area contributed by atoms with Gasteiger partial charge in [0.2, 0.25) is 11.8 Å². The van der Waals surface area contributed by atoms with E-state index in [-0.39, 0.29) is 5.91 Å². The van der Waals surface area contributed by atoms with Gasteiger partial charge in [-0.25, -0.2) is 9.67 Å². The molecule has 5 heteroatoms. The number of benzene rings is 1. The molecule has 1 heterocycles. The smallest absolute Gasteiger partial charge is 0.246 e. The Labute approximate surface area is 168 Å². The van der Waals surface area contributed by atoms with Gasteiger partial charge in [0.1, 0.15) is 0 Å². The third-order valence-corrected chi connectivity index (χ3v) is 4.53. The van der Waals surface area contributed by atoms with E-state index in [1.54, 1.807) is 16.9 Å². The number of unbranched alkanes of at least 4 members (excludes halogenated alkanes) is 6. The van der Waals surface area contributed by atoms with Crippen LogP contribution in [0.5, 0.6) is 5.88 Å². The first-order chi connectivity index (χ1) is 13.7. The minimum atomic E-state index is -0.108. The highest BCUT2D eigenvalue weighted by Gasteiger charge is 2.06. The van der Waals surface area contributed by atoms with Crippen LogP contribution in [0.3, 0.4) is 0 Å². The van der Waals surface area contributed by atoms with E-state index in [0.717, 1.165) is 24.9 Å². The summed E-state index contributed by atoms with van der Waals surface area (Å²) in [5.74, 6) is 0.507. The lowest BCUT2D eigenvalue weighted by atomic mass is 10.1. The summed E-state index contributed by atoms with van der Waals surface area (Å²) in [6.45, 7) is 4.92. The minimum absolute atomic E-state index is 0.108. The molecule has 0 aliphatic carbocycles. The molecule has 28 heavy (non-hydrogen) atoms. The fourth-order valence-electron chi connectivity index (χ4n) is 2.91. The molecule has 152 valence electrons. The number of rotatable bonds is 12. The van der Waals surface area contributed by atoms with E-state index < -0.39 is 0 Å². The van der Waals surface area contributed by atoms with Crippen molar-refractivity contribution >= 4 is 5.91 Å². The topological polar surface area (TPSA) is 56.5 Å². The Kier molecular flexibility index (Phi) is 10.0. The van der Waals surface area contributed by atoms with Crippen molar-refractivity contribution in [1.82, 2.24) is 9.78 Å². The van der Waals surface area contributed by atoms with Gasteiger partial charge in [-0.15, -0.1) is 0 Å². The SMILES string of the molecule is CCCCCCCCOc1c/c(=N\C(=O)CCCC)cnn1-c1ccccc1. The predicted octanol–water partition coefficient (Wildman–Crippen LogP) is 5.23. The number of para-hydroxylation sites is 1. The summed E-state index contributed by atoms with van der Waals surface area (Å²) in [4.78, 5) is 16.2. The number of ether oxygens (including phenoxy) is 1. The van der Waals surface area contributed by atoms with Crippen LogP contribution in [0.4, 0.5) is 0 Å². The number of carbonyl (C=O) groups excluding carboxylic acids is 1. The van der Waals surface area contributed by atoms with Gasteiger partial charge < -0.3 is 4.74 Å². The molecule has 0 N–H and O–H groups in total. The summed E-state index contributed by atoms with van der Waals surface area (Å²) in [6.07, 6.45) is 11.2. The second kappa shape index (κ2) is 12.9. The molecule has 0 fully saturated rings. The molecule has 0 aliphatic rings. The summed E-state index contributed by atoms with van der Waals surface area (Å²) in [6, 6.07) is 11.7. The van der Waals surface area contributed by atoms with Crippen molar-refractivity contribution in [2.45, 2.75) is 71.6 Å². The Balaban J connectivity index is 2.10. The zero-order chi connectivity index (χ0) is 20.0. The highest BCUT2D eigenvalue weighted by molar-refractivity contribution is 5.76. The van der Waals surface area contributed by atoms with Gasteiger partial charge in [0.25, 0.3) is 0 Å². The molecule has 0 radical (unpaired) electrons. The zero-order valence-electron chi connectivity index (χ0n) is 17.3. The molecule has 1 aromatic heterocycles. The fourth-order valence-corrected chi connectivity index (χ4v) is 2.91. The maximum absolute atomic E-state index is 12.0. The lowest BCUT2D eigenvalue weighted by molar-refractivity contribution is -0.118. The third kappa shape index (κ3) is 7.67. The zero-order valence-corrected chi connectivity index (χ0v) is 17.3. The molecule has 0 saturated heterocycles. The second-order valence-corrected chi connectivity index (χ2v) is 7.02. The van der Waals surface area contributed by atoms with Gasteiger partial charge >= 0.3 is 0 Å². The molecule has 0 unspecified atom stereocenters. The van der Waals surface area contributed by atoms with E-state index in [2.05, 4.69) is 23.9 Å². The van der Waals surface area contributed by atoms with Crippen LogP contribution in [-0.4, -0.2) is 22.3 Å². The molecule has 0 atom stereocenters. The molecule has 0 aliphatic heterocycles. The quantitative estimate of drug-likeness (QED) is 0.472. The Bertz CT molecular complexity index is 769. The normalized spacial score (nSPS) is 11.6. The fraction of sp³-hybridized carbons (Fsp3) is 0.522. The Hall–Kier alpha value is -2.43. The first-order valence-electron chi connectivity index (χ1n) is 10.6. The number of aromatic nitrogens is 2. The number of carbonyl (C=O) groups is 1. The van der Waals surface area contributed by atoms with Crippen molar-refractivity contribution in [3.8, 4) is 11.6 Å². The number of amides is 1. The summed E-state index contributed by atoms with van der Waals surface area (Å²) >= 11 is 0. The lowest BCUT2D eigenvalue weighted by Crippen LogP contribution is -2.15. The van der Waals surface area contributed by atoms with Crippen LogP contribution in [0.15, 0.2) is 47.6 Å².